The number of hydrogen-bond donors (Lipinski definition) is 3. The van der Waals surface area contributed by atoms with Crippen LogP contribution in [0.3, 0.4) is 0 Å². The number of rotatable bonds is 1. The first kappa shape index (κ1) is 6.16. The van der Waals surface area contributed by atoms with Crippen molar-refractivity contribution in [3.63, 3.8) is 0 Å². The molecule has 1 heterocycles. The Bertz CT molecular complexity index is 158. The third-order valence-electron chi connectivity index (χ3n) is 1.25. The zero-order valence-electron chi connectivity index (χ0n) is 5.44. The molecule has 0 bridgehead atoms. The van der Waals surface area contributed by atoms with Gasteiger partial charge in [0, 0.05) is 6.54 Å². The highest BCUT2D eigenvalue weighted by atomic mass is 15.3. The lowest BCUT2D eigenvalue weighted by molar-refractivity contribution is 0.727. The van der Waals surface area contributed by atoms with E-state index in [4.69, 9.17) is 5.84 Å². The van der Waals surface area contributed by atoms with Gasteiger partial charge in [-0.25, -0.2) is 5.84 Å². The number of dihydropyridines is 1. The lowest BCUT2D eigenvalue weighted by Gasteiger charge is -2.13. The van der Waals surface area contributed by atoms with E-state index < -0.39 is 0 Å². The molecule has 0 aromatic heterocycles. The molecule has 1 rings (SSSR count). The lowest BCUT2D eigenvalue weighted by atomic mass is 10.2. The lowest BCUT2D eigenvalue weighted by Crippen LogP contribution is -2.33. The molecular weight excluding hydrogens is 114 g/mol. The maximum Gasteiger partial charge on any atom is 0.113 e. The van der Waals surface area contributed by atoms with Crippen LogP contribution in [0, 0.1) is 0 Å². The van der Waals surface area contributed by atoms with Crippen molar-refractivity contribution in [2.45, 2.75) is 6.92 Å². The Morgan fingerprint density at radius 3 is 2.89 bits per heavy atom. The first-order valence-electron chi connectivity index (χ1n) is 2.91. The van der Waals surface area contributed by atoms with Crippen LogP contribution in [0.4, 0.5) is 0 Å². The molecule has 3 nitrogen and oxygen atoms in total. The molecule has 0 spiro atoms. The van der Waals surface area contributed by atoms with Crippen molar-refractivity contribution in [3.8, 4) is 0 Å². The van der Waals surface area contributed by atoms with Crippen molar-refractivity contribution >= 4 is 0 Å². The van der Waals surface area contributed by atoms with E-state index in [0.717, 1.165) is 12.4 Å². The van der Waals surface area contributed by atoms with Crippen LogP contribution in [0.25, 0.3) is 0 Å². The average Bonchev–Trinajstić information content (AvgIpc) is 1.90. The highest BCUT2D eigenvalue weighted by Gasteiger charge is 1.96. The molecule has 0 fully saturated rings. The molecule has 0 aromatic rings. The maximum atomic E-state index is 5.14. The smallest absolute Gasteiger partial charge is 0.113 e. The number of allylic oxidation sites excluding steroid dienone is 2. The van der Waals surface area contributed by atoms with Gasteiger partial charge in [0.1, 0.15) is 5.82 Å². The molecule has 1 aliphatic heterocycles. The first-order valence-corrected chi connectivity index (χ1v) is 2.91. The van der Waals surface area contributed by atoms with Crippen molar-refractivity contribution in [2.24, 2.45) is 5.84 Å². The normalized spacial score (nSPS) is 17.6. The second-order valence-electron chi connectivity index (χ2n) is 2.09. The summed E-state index contributed by atoms with van der Waals surface area (Å²) < 4.78 is 0. The van der Waals surface area contributed by atoms with Gasteiger partial charge < -0.3 is 10.7 Å². The van der Waals surface area contributed by atoms with Crippen LogP contribution in [0.5, 0.6) is 0 Å². The van der Waals surface area contributed by atoms with E-state index in [2.05, 4.69) is 17.7 Å². The molecule has 50 valence electrons. The van der Waals surface area contributed by atoms with Crippen LogP contribution < -0.4 is 16.6 Å². The Labute approximate surface area is 54.6 Å². The van der Waals surface area contributed by atoms with Gasteiger partial charge in [0.25, 0.3) is 0 Å². The fourth-order valence-corrected chi connectivity index (χ4v) is 0.677. The van der Waals surface area contributed by atoms with Gasteiger partial charge in [-0.05, 0) is 13.0 Å². The minimum atomic E-state index is 0.876. The summed E-state index contributed by atoms with van der Waals surface area (Å²) in [6.07, 6.45) is 3.95. The van der Waals surface area contributed by atoms with Gasteiger partial charge in [-0.1, -0.05) is 11.6 Å². The topological polar surface area (TPSA) is 50.1 Å². The van der Waals surface area contributed by atoms with E-state index in [1.54, 1.807) is 0 Å². The van der Waals surface area contributed by atoms with Gasteiger partial charge >= 0.3 is 0 Å². The molecule has 0 saturated carbocycles. The van der Waals surface area contributed by atoms with E-state index in [1.165, 1.54) is 5.57 Å². The van der Waals surface area contributed by atoms with Crippen LogP contribution >= 0.6 is 0 Å². The fourth-order valence-electron chi connectivity index (χ4n) is 0.677. The van der Waals surface area contributed by atoms with Crippen molar-refractivity contribution in [1.82, 2.24) is 10.7 Å². The molecule has 9 heavy (non-hydrogen) atoms. The first-order chi connectivity index (χ1) is 4.33. The van der Waals surface area contributed by atoms with E-state index in [-0.39, 0.29) is 0 Å². The van der Waals surface area contributed by atoms with Gasteiger partial charge in [0.15, 0.2) is 0 Å². The Kier molecular flexibility index (Phi) is 1.75. The predicted octanol–water partition coefficient (Wildman–Crippen LogP) is -0.159. The largest absolute Gasteiger partial charge is 0.367 e. The van der Waals surface area contributed by atoms with Crippen molar-refractivity contribution < 1.29 is 0 Å². The zero-order chi connectivity index (χ0) is 6.69. The van der Waals surface area contributed by atoms with Gasteiger partial charge in [0.2, 0.25) is 0 Å². The predicted molar refractivity (Wildman–Crippen MR) is 37.2 cm³/mol. The summed E-state index contributed by atoms with van der Waals surface area (Å²) in [5.74, 6) is 6.01. The standard InChI is InChI=1S/C6H11N3/c1-5-2-3-6(9-7)8-4-5/h2-3,8-9H,4,7H2,1H3. The third-order valence-corrected chi connectivity index (χ3v) is 1.25. The summed E-state index contributed by atoms with van der Waals surface area (Å²) in [4.78, 5) is 0. The minimum absolute atomic E-state index is 0.876. The van der Waals surface area contributed by atoms with Crippen LogP contribution in [0.15, 0.2) is 23.5 Å². The fraction of sp³-hybridized carbons (Fsp3) is 0.333. The number of hydrogen-bond acceptors (Lipinski definition) is 3. The van der Waals surface area contributed by atoms with E-state index >= 15 is 0 Å². The van der Waals surface area contributed by atoms with E-state index in [0.29, 0.717) is 0 Å². The summed E-state index contributed by atoms with van der Waals surface area (Å²) in [5, 5.41) is 3.08. The summed E-state index contributed by atoms with van der Waals surface area (Å²) in [6, 6.07) is 0. The van der Waals surface area contributed by atoms with Crippen LogP contribution in [-0.4, -0.2) is 6.54 Å². The number of hydrazine groups is 1. The van der Waals surface area contributed by atoms with Gasteiger partial charge in [-0.15, -0.1) is 0 Å². The van der Waals surface area contributed by atoms with Crippen LogP contribution in [0.1, 0.15) is 6.92 Å². The molecular formula is C6H11N3. The molecule has 4 N–H and O–H groups in total. The molecule has 0 unspecified atom stereocenters. The van der Waals surface area contributed by atoms with Crippen molar-refractivity contribution in [2.75, 3.05) is 6.54 Å². The van der Waals surface area contributed by atoms with Crippen molar-refractivity contribution in [3.05, 3.63) is 23.5 Å². The Morgan fingerprint density at radius 1 is 1.67 bits per heavy atom. The Morgan fingerprint density at radius 2 is 2.44 bits per heavy atom. The quantitative estimate of drug-likeness (QED) is 0.337. The second kappa shape index (κ2) is 2.55. The summed E-state index contributed by atoms with van der Waals surface area (Å²) in [7, 11) is 0. The van der Waals surface area contributed by atoms with Gasteiger partial charge in [-0.2, -0.15) is 0 Å². The molecule has 0 saturated heterocycles. The van der Waals surface area contributed by atoms with Crippen molar-refractivity contribution in [1.29, 1.82) is 0 Å². The molecule has 3 heteroatoms. The molecule has 0 atom stereocenters. The summed E-state index contributed by atoms with van der Waals surface area (Å²) >= 11 is 0. The Balaban J connectivity index is 2.59. The highest BCUT2D eigenvalue weighted by Crippen LogP contribution is 1.98. The summed E-state index contributed by atoms with van der Waals surface area (Å²) in [5.41, 5.74) is 3.84. The van der Waals surface area contributed by atoms with Crippen LogP contribution in [0.2, 0.25) is 0 Å². The molecule has 0 aliphatic carbocycles. The maximum absolute atomic E-state index is 5.14. The Hall–Kier alpha value is -0.960. The monoisotopic (exact) mass is 125 g/mol. The molecule has 1 aliphatic rings. The number of nitrogens with two attached hydrogens (primary N) is 1. The summed E-state index contributed by atoms with van der Waals surface area (Å²) in [6.45, 7) is 2.95. The zero-order valence-corrected chi connectivity index (χ0v) is 5.44. The highest BCUT2D eigenvalue weighted by molar-refractivity contribution is 5.20. The number of nitrogens with one attached hydrogen (secondary N) is 2. The second-order valence-corrected chi connectivity index (χ2v) is 2.09. The minimum Gasteiger partial charge on any atom is -0.367 e. The molecule has 0 amide bonds. The van der Waals surface area contributed by atoms with Gasteiger partial charge in [0.05, 0.1) is 0 Å². The molecule has 0 radical (unpaired) electrons. The SMILES string of the molecule is CC1=CC=C(NN)NC1. The average molecular weight is 125 g/mol. The molecule has 0 aromatic carbocycles. The van der Waals surface area contributed by atoms with E-state index in [9.17, 15) is 0 Å². The van der Waals surface area contributed by atoms with Gasteiger partial charge in [-0.3, -0.25) is 0 Å². The van der Waals surface area contributed by atoms with Crippen LogP contribution in [-0.2, 0) is 0 Å². The van der Waals surface area contributed by atoms with E-state index in [1.807, 2.05) is 12.2 Å². The third kappa shape index (κ3) is 1.47.